The van der Waals surface area contributed by atoms with Crippen LogP contribution >= 0.6 is 0 Å². The molecule has 0 saturated carbocycles. The molecule has 2 unspecified atom stereocenters. The number of nitrogens with zero attached hydrogens (tertiary/aromatic N) is 2. The van der Waals surface area contributed by atoms with Gasteiger partial charge in [-0.15, -0.1) is 0 Å². The highest BCUT2D eigenvalue weighted by molar-refractivity contribution is 4.85. The molecule has 0 aromatic rings. The van der Waals surface area contributed by atoms with Crippen LogP contribution in [0.25, 0.3) is 0 Å². The largest absolute Gasteiger partial charge is 0.299 e. The molecule has 0 aliphatic carbocycles. The van der Waals surface area contributed by atoms with Crippen LogP contribution in [0.15, 0.2) is 0 Å². The first kappa shape index (κ1) is 9.54. The number of rotatable bonds is 3. The average molecular weight is 166 g/mol. The zero-order valence-corrected chi connectivity index (χ0v) is 8.08. The standard InChI is InChI=1S/C10H18N2/c1-3-10(4-6-11)12-7-5-9(2)8-12/h9-10H,3-5,7-8H2,1-2H3. The Morgan fingerprint density at radius 2 is 2.42 bits per heavy atom. The first-order valence-corrected chi connectivity index (χ1v) is 4.89. The number of likely N-dealkylation sites (tertiary alicyclic amines) is 1. The lowest BCUT2D eigenvalue weighted by atomic mass is 10.1. The molecule has 2 heteroatoms. The van der Waals surface area contributed by atoms with E-state index < -0.39 is 0 Å². The first-order chi connectivity index (χ1) is 5.77. The van der Waals surface area contributed by atoms with Crippen molar-refractivity contribution in [3.05, 3.63) is 0 Å². The fraction of sp³-hybridized carbons (Fsp3) is 0.900. The van der Waals surface area contributed by atoms with E-state index in [4.69, 9.17) is 5.26 Å². The molecule has 0 aromatic carbocycles. The normalized spacial score (nSPS) is 26.9. The van der Waals surface area contributed by atoms with Crippen LogP contribution in [0.5, 0.6) is 0 Å². The van der Waals surface area contributed by atoms with Crippen LogP contribution in [0.4, 0.5) is 0 Å². The van der Waals surface area contributed by atoms with Gasteiger partial charge in [-0.05, 0) is 25.3 Å². The molecule has 0 amide bonds. The fourth-order valence-electron chi connectivity index (χ4n) is 1.94. The summed E-state index contributed by atoms with van der Waals surface area (Å²) in [4.78, 5) is 2.47. The Morgan fingerprint density at radius 3 is 2.83 bits per heavy atom. The van der Waals surface area contributed by atoms with E-state index in [2.05, 4.69) is 24.8 Å². The molecule has 12 heavy (non-hydrogen) atoms. The van der Waals surface area contributed by atoms with Crippen LogP contribution < -0.4 is 0 Å². The molecule has 0 spiro atoms. The molecule has 0 bridgehead atoms. The molecule has 1 fully saturated rings. The molecule has 1 aliphatic rings. The zero-order valence-electron chi connectivity index (χ0n) is 8.08. The topological polar surface area (TPSA) is 27.0 Å². The van der Waals surface area contributed by atoms with Gasteiger partial charge in [-0.1, -0.05) is 13.8 Å². The van der Waals surface area contributed by atoms with E-state index in [1.165, 1.54) is 19.5 Å². The van der Waals surface area contributed by atoms with Crippen LogP contribution in [-0.2, 0) is 0 Å². The fourth-order valence-corrected chi connectivity index (χ4v) is 1.94. The third-order valence-electron chi connectivity index (χ3n) is 2.77. The van der Waals surface area contributed by atoms with Crippen LogP contribution in [-0.4, -0.2) is 24.0 Å². The molecule has 68 valence electrons. The molecule has 0 aromatic heterocycles. The van der Waals surface area contributed by atoms with Crippen molar-refractivity contribution < 1.29 is 0 Å². The molecule has 1 aliphatic heterocycles. The second-order valence-electron chi connectivity index (χ2n) is 3.81. The molecule has 1 saturated heterocycles. The lowest BCUT2D eigenvalue weighted by molar-refractivity contribution is 0.232. The second kappa shape index (κ2) is 4.47. The van der Waals surface area contributed by atoms with Crippen LogP contribution in [0.2, 0.25) is 0 Å². The van der Waals surface area contributed by atoms with Crippen molar-refractivity contribution in [3.8, 4) is 6.07 Å². The van der Waals surface area contributed by atoms with Crippen molar-refractivity contribution in [2.75, 3.05) is 13.1 Å². The second-order valence-corrected chi connectivity index (χ2v) is 3.81. The summed E-state index contributed by atoms with van der Waals surface area (Å²) in [6.45, 7) is 6.85. The lowest BCUT2D eigenvalue weighted by Gasteiger charge is -2.24. The average Bonchev–Trinajstić information content (AvgIpc) is 2.47. The SMILES string of the molecule is CCC(CC#N)N1CCC(C)C1. The van der Waals surface area contributed by atoms with Crippen LogP contribution in [0.1, 0.15) is 33.1 Å². The van der Waals surface area contributed by atoms with E-state index in [1.54, 1.807) is 0 Å². The summed E-state index contributed by atoms with van der Waals surface area (Å²) >= 11 is 0. The van der Waals surface area contributed by atoms with Crippen molar-refractivity contribution in [1.29, 1.82) is 5.26 Å². The Kier molecular flexibility index (Phi) is 3.55. The smallest absolute Gasteiger partial charge is 0.0638 e. The Bertz CT molecular complexity index is 171. The maximum absolute atomic E-state index is 8.62. The van der Waals surface area contributed by atoms with E-state index in [0.717, 1.165) is 12.3 Å². The quantitative estimate of drug-likeness (QED) is 0.641. The van der Waals surface area contributed by atoms with Crippen LogP contribution in [0, 0.1) is 17.2 Å². The lowest BCUT2D eigenvalue weighted by Crippen LogP contribution is -2.32. The van der Waals surface area contributed by atoms with Gasteiger partial charge in [-0.25, -0.2) is 0 Å². The van der Waals surface area contributed by atoms with E-state index in [-0.39, 0.29) is 0 Å². The molecule has 2 atom stereocenters. The van der Waals surface area contributed by atoms with E-state index in [1.807, 2.05) is 0 Å². The Labute approximate surface area is 75.2 Å². The summed E-state index contributed by atoms with van der Waals surface area (Å²) in [5.41, 5.74) is 0. The summed E-state index contributed by atoms with van der Waals surface area (Å²) in [6, 6.07) is 2.78. The van der Waals surface area contributed by atoms with Gasteiger partial charge < -0.3 is 0 Å². The third-order valence-corrected chi connectivity index (χ3v) is 2.77. The summed E-state index contributed by atoms with van der Waals surface area (Å²) < 4.78 is 0. The molecule has 1 rings (SSSR count). The third kappa shape index (κ3) is 2.22. The molecule has 2 nitrogen and oxygen atoms in total. The van der Waals surface area contributed by atoms with Crippen LogP contribution in [0.3, 0.4) is 0 Å². The van der Waals surface area contributed by atoms with Crippen molar-refractivity contribution in [3.63, 3.8) is 0 Å². The predicted octanol–water partition coefficient (Wildman–Crippen LogP) is 2.02. The van der Waals surface area contributed by atoms with Gasteiger partial charge in [0.1, 0.15) is 0 Å². The van der Waals surface area contributed by atoms with Gasteiger partial charge in [-0.3, -0.25) is 4.90 Å². The Morgan fingerprint density at radius 1 is 1.67 bits per heavy atom. The highest BCUT2D eigenvalue weighted by atomic mass is 15.2. The summed E-state index contributed by atoms with van der Waals surface area (Å²) in [7, 11) is 0. The van der Waals surface area contributed by atoms with Gasteiger partial charge in [0.25, 0.3) is 0 Å². The minimum absolute atomic E-state index is 0.514. The van der Waals surface area contributed by atoms with Gasteiger partial charge in [0.05, 0.1) is 12.5 Å². The first-order valence-electron chi connectivity index (χ1n) is 4.89. The molecular formula is C10H18N2. The Balaban J connectivity index is 2.39. The minimum atomic E-state index is 0.514. The maximum atomic E-state index is 8.62. The molecule has 1 heterocycles. The number of nitriles is 1. The van der Waals surface area contributed by atoms with Crippen molar-refractivity contribution in [1.82, 2.24) is 4.90 Å². The van der Waals surface area contributed by atoms with E-state index in [9.17, 15) is 0 Å². The zero-order chi connectivity index (χ0) is 8.97. The van der Waals surface area contributed by atoms with Crippen molar-refractivity contribution in [2.45, 2.75) is 39.2 Å². The summed E-state index contributed by atoms with van der Waals surface area (Å²) in [6.07, 6.45) is 3.12. The van der Waals surface area contributed by atoms with Crippen molar-refractivity contribution in [2.24, 2.45) is 5.92 Å². The summed E-state index contributed by atoms with van der Waals surface area (Å²) in [5.74, 6) is 0.831. The van der Waals surface area contributed by atoms with Crippen molar-refractivity contribution >= 4 is 0 Å². The number of hydrogen-bond acceptors (Lipinski definition) is 2. The molecule has 0 radical (unpaired) electrons. The van der Waals surface area contributed by atoms with Gasteiger partial charge in [0, 0.05) is 12.6 Å². The molecule has 0 N–H and O–H groups in total. The number of hydrogen-bond donors (Lipinski definition) is 0. The molecular weight excluding hydrogens is 148 g/mol. The maximum Gasteiger partial charge on any atom is 0.0638 e. The predicted molar refractivity (Wildman–Crippen MR) is 49.7 cm³/mol. The van der Waals surface area contributed by atoms with Gasteiger partial charge in [-0.2, -0.15) is 5.26 Å². The monoisotopic (exact) mass is 166 g/mol. The van der Waals surface area contributed by atoms with Gasteiger partial charge in [0.15, 0.2) is 0 Å². The Hall–Kier alpha value is -0.550. The van der Waals surface area contributed by atoms with E-state index >= 15 is 0 Å². The van der Waals surface area contributed by atoms with Gasteiger partial charge in [0.2, 0.25) is 0 Å². The van der Waals surface area contributed by atoms with Gasteiger partial charge >= 0.3 is 0 Å². The summed E-state index contributed by atoms with van der Waals surface area (Å²) in [5, 5.41) is 8.62. The minimum Gasteiger partial charge on any atom is -0.299 e. The highest BCUT2D eigenvalue weighted by Crippen LogP contribution is 2.20. The highest BCUT2D eigenvalue weighted by Gasteiger charge is 2.24. The van der Waals surface area contributed by atoms with E-state index in [0.29, 0.717) is 12.5 Å².